The standard InChI is InChI=1S/C8H13N.2C2H6/c1-5-7(3)9-8(4)6-2;2*1-2/h5-6H,1H2,2-4H3;2*1-2H3/b8-6-,9-7?;;. The molecule has 0 aliphatic carbocycles. The van der Waals surface area contributed by atoms with E-state index in [1.165, 1.54) is 0 Å². The SMILES string of the molecule is C=CC(C)=N/C(C)=C\C.CC.CC. The van der Waals surface area contributed by atoms with E-state index in [1.807, 2.05) is 54.5 Å². The first kappa shape index (κ1) is 18.0. The number of hydrogen-bond donors (Lipinski definition) is 0. The topological polar surface area (TPSA) is 12.4 Å². The molecule has 0 N–H and O–H groups in total. The van der Waals surface area contributed by atoms with Crippen molar-refractivity contribution >= 4 is 5.71 Å². The zero-order valence-electron chi connectivity index (χ0n) is 10.3. The quantitative estimate of drug-likeness (QED) is 0.554. The third kappa shape index (κ3) is 18.3. The summed E-state index contributed by atoms with van der Waals surface area (Å²) in [4.78, 5) is 4.17. The van der Waals surface area contributed by atoms with Gasteiger partial charge in [0.05, 0.1) is 0 Å². The molecule has 0 amide bonds. The fraction of sp³-hybridized carbons (Fsp3) is 0.583. The smallest absolute Gasteiger partial charge is 0.0369 e. The van der Waals surface area contributed by atoms with Crippen molar-refractivity contribution in [2.45, 2.75) is 48.5 Å². The summed E-state index contributed by atoms with van der Waals surface area (Å²) >= 11 is 0. The Morgan fingerprint density at radius 2 is 1.46 bits per heavy atom. The molecule has 0 aliphatic rings. The van der Waals surface area contributed by atoms with E-state index in [-0.39, 0.29) is 0 Å². The van der Waals surface area contributed by atoms with Gasteiger partial charge in [-0.3, -0.25) is 4.99 Å². The molecule has 0 aromatic heterocycles. The van der Waals surface area contributed by atoms with Crippen LogP contribution in [-0.4, -0.2) is 5.71 Å². The first-order chi connectivity index (χ1) is 6.20. The van der Waals surface area contributed by atoms with Crippen LogP contribution in [0.3, 0.4) is 0 Å². The predicted octanol–water partition coefficient (Wildman–Crippen LogP) is 4.61. The van der Waals surface area contributed by atoms with Gasteiger partial charge in [0.2, 0.25) is 0 Å². The van der Waals surface area contributed by atoms with Gasteiger partial charge < -0.3 is 0 Å². The average Bonchev–Trinajstić information content (AvgIpc) is 2.23. The van der Waals surface area contributed by atoms with Crippen molar-refractivity contribution in [1.82, 2.24) is 0 Å². The summed E-state index contributed by atoms with van der Waals surface area (Å²) in [5.74, 6) is 0. The van der Waals surface area contributed by atoms with E-state index in [1.54, 1.807) is 6.08 Å². The van der Waals surface area contributed by atoms with Gasteiger partial charge in [0, 0.05) is 11.4 Å². The van der Waals surface area contributed by atoms with Crippen molar-refractivity contribution in [1.29, 1.82) is 0 Å². The van der Waals surface area contributed by atoms with Crippen LogP contribution in [0, 0.1) is 0 Å². The molecule has 0 spiro atoms. The highest BCUT2D eigenvalue weighted by Gasteiger charge is 1.80. The van der Waals surface area contributed by atoms with E-state index in [2.05, 4.69) is 11.6 Å². The molecule has 0 rings (SSSR count). The molecule has 1 nitrogen and oxygen atoms in total. The van der Waals surface area contributed by atoms with Gasteiger partial charge in [-0.15, -0.1) is 0 Å². The monoisotopic (exact) mass is 183 g/mol. The number of allylic oxidation sites excluding steroid dienone is 3. The first-order valence-electron chi connectivity index (χ1n) is 5.01. The summed E-state index contributed by atoms with van der Waals surface area (Å²) < 4.78 is 0. The summed E-state index contributed by atoms with van der Waals surface area (Å²) in [6.45, 7) is 17.5. The van der Waals surface area contributed by atoms with Crippen LogP contribution >= 0.6 is 0 Å². The highest BCUT2D eigenvalue weighted by atomic mass is 14.7. The number of hydrogen-bond acceptors (Lipinski definition) is 1. The van der Waals surface area contributed by atoms with Crippen molar-refractivity contribution in [3.63, 3.8) is 0 Å². The molecule has 0 atom stereocenters. The molecule has 13 heavy (non-hydrogen) atoms. The van der Waals surface area contributed by atoms with Crippen LogP contribution in [0.5, 0.6) is 0 Å². The zero-order valence-corrected chi connectivity index (χ0v) is 10.3. The molecule has 1 heteroatoms. The predicted molar refractivity (Wildman–Crippen MR) is 65.4 cm³/mol. The normalized spacial score (nSPS) is 10.4. The van der Waals surface area contributed by atoms with E-state index >= 15 is 0 Å². The highest BCUT2D eigenvalue weighted by Crippen LogP contribution is 1.94. The van der Waals surface area contributed by atoms with Crippen LogP contribution in [0.25, 0.3) is 0 Å². The first-order valence-corrected chi connectivity index (χ1v) is 5.01. The van der Waals surface area contributed by atoms with Crippen LogP contribution < -0.4 is 0 Å². The van der Waals surface area contributed by atoms with Crippen LogP contribution in [0.15, 0.2) is 29.4 Å². The Morgan fingerprint density at radius 3 is 1.69 bits per heavy atom. The second kappa shape index (κ2) is 17.3. The van der Waals surface area contributed by atoms with Crippen LogP contribution in [-0.2, 0) is 0 Å². The molecule has 0 saturated carbocycles. The summed E-state index contributed by atoms with van der Waals surface area (Å²) in [7, 11) is 0. The van der Waals surface area contributed by atoms with Crippen LogP contribution in [0.1, 0.15) is 48.5 Å². The van der Waals surface area contributed by atoms with Crippen molar-refractivity contribution < 1.29 is 0 Å². The van der Waals surface area contributed by atoms with Crippen molar-refractivity contribution in [3.8, 4) is 0 Å². The van der Waals surface area contributed by atoms with Crippen molar-refractivity contribution in [3.05, 3.63) is 24.4 Å². The third-order valence-corrected chi connectivity index (χ3v) is 1.07. The molecule has 0 bridgehead atoms. The van der Waals surface area contributed by atoms with Gasteiger partial charge >= 0.3 is 0 Å². The molecular formula is C12H25N. The second-order valence-electron chi connectivity index (χ2n) is 1.89. The summed E-state index contributed by atoms with van der Waals surface area (Å²) in [6, 6.07) is 0. The molecular weight excluding hydrogens is 158 g/mol. The Bertz CT molecular complexity index is 153. The minimum absolute atomic E-state index is 0.964. The van der Waals surface area contributed by atoms with Gasteiger partial charge in [-0.25, -0.2) is 0 Å². The van der Waals surface area contributed by atoms with Gasteiger partial charge in [0.25, 0.3) is 0 Å². The Morgan fingerprint density at radius 1 is 1.08 bits per heavy atom. The lowest BCUT2D eigenvalue weighted by atomic mass is 10.4. The van der Waals surface area contributed by atoms with Gasteiger partial charge in [-0.1, -0.05) is 40.3 Å². The number of rotatable bonds is 2. The molecule has 78 valence electrons. The fourth-order valence-electron chi connectivity index (χ4n) is 0.388. The molecule has 0 radical (unpaired) electrons. The minimum atomic E-state index is 0.964. The van der Waals surface area contributed by atoms with E-state index in [0.717, 1.165) is 11.4 Å². The minimum Gasteiger partial charge on any atom is -0.259 e. The third-order valence-electron chi connectivity index (χ3n) is 1.07. The van der Waals surface area contributed by atoms with Gasteiger partial charge in [0.15, 0.2) is 0 Å². The summed E-state index contributed by atoms with van der Waals surface area (Å²) in [6.07, 6.45) is 3.71. The van der Waals surface area contributed by atoms with Gasteiger partial charge in [-0.2, -0.15) is 0 Å². The van der Waals surface area contributed by atoms with E-state index < -0.39 is 0 Å². The molecule has 0 aromatic carbocycles. The Balaban J connectivity index is -0.000000218. The molecule has 0 heterocycles. The van der Waals surface area contributed by atoms with Crippen LogP contribution in [0.2, 0.25) is 0 Å². The van der Waals surface area contributed by atoms with Crippen molar-refractivity contribution in [2.75, 3.05) is 0 Å². The largest absolute Gasteiger partial charge is 0.259 e. The maximum Gasteiger partial charge on any atom is 0.0369 e. The number of nitrogens with zero attached hydrogens (tertiary/aromatic N) is 1. The maximum atomic E-state index is 4.17. The lowest BCUT2D eigenvalue weighted by Gasteiger charge is -1.90. The van der Waals surface area contributed by atoms with Gasteiger partial charge in [-0.05, 0) is 26.8 Å². The zero-order chi connectivity index (χ0) is 11.3. The maximum absolute atomic E-state index is 4.17. The molecule has 0 fully saturated rings. The summed E-state index contributed by atoms with van der Waals surface area (Å²) in [5.41, 5.74) is 2.00. The average molecular weight is 183 g/mol. The van der Waals surface area contributed by atoms with E-state index in [0.29, 0.717) is 0 Å². The van der Waals surface area contributed by atoms with Crippen molar-refractivity contribution in [2.24, 2.45) is 4.99 Å². The Kier molecular flexibility index (Phi) is 24.0. The Labute approximate surface area is 84.3 Å². The van der Waals surface area contributed by atoms with E-state index in [4.69, 9.17) is 0 Å². The molecule has 0 aliphatic heterocycles. The van der Waals surface area contributed by atoms with E-state index in [9.17, 15) is 0 Å². The lowest BCUT2D eigenvalue weighted by molar-refractivity contribution is 1.28. The highest BCUT2D eigenvalue weighted by molar-refractivity contribution is 5.92. The summed E-state index contributed by atoms with van der Waals surface area (Å²) in [5, 5.41) is 0. The number of aliphatic imine (C=N–C) groups is 1. The Hall–Kier alpha value is -0.850. The van der Waals surface area contributed by atoms with Gasteiger partial charge in [0.1, 0.15) is 0 Å². The fourth-order valence-corrected chi connectivity index (χ4v) is 0.388. The molecule has 0 unspecified atom stereocenters. The lowest BCUT2D eigenvalue weighted by Crippen LogP contribution is -1.82. The molecule has 0 saturated heterocycles. The van der Waals surface area contributed by atoms with Crippen LogP contribution in [0.4, 0.5) is 0 Å². The molecule has 0 aromatic rings. The second-order valence-corrected chi connectivity index (χ2v) is 1.89.